The molecule has 15 heteroatoms. The number of amides is 2. The molecule has 0 atom stereocenters. The third kappa shape index (κ3) is 12.3. The number of rotatable bonds is 17. The van der Waals surface area contributed by atoms with E-state index in [2.05, 4.69) is 96.0 Å². The highest BCUT2D eigenvalue weighted by Crippen LogP contribution is 2.56. The van der Waals surface area contributed by atoms with Crippen molar-refractivity contribution in [3.8, 4) is 29.1 Å². The van der Waals surface area contributed by atoms with Crippen LogP contribution in [0.2, 0.25) is 0 Å². The molecule has 1 aromatic heterocycles. The first kappa shape index (κ1) is 46.9. The van der Waals surface area contributed by atoms with Crippen molar-refractivity contribution in [2.45, 2.75) is 39.5 Å². The number of thiazole rings is 1. The molecule has 0 unspecified atom stereocenters. The van der Waals surface area contributed by atoms with Gasteiger partial charge in [-0.1, -0.05) is 61.0 Å². The Kier molecular flexibility index (Phi) is 17.1. The highest BCUT2D eigenvalue weighted by atomic mass is 79.9. The Bertz CT molecular complexity index is 2410. The van der Waals surface area contributed by atoms with Crippen LogP contribution in [0.3, 0.4) is 0 Å². The van der Waals surface area contributed by atoms with Crippen molar-refractivity contribution in [3.05, 3.63) is 132 Å². The zero-order valence-corrected chi connectivity index (χ0v) is 37.9. The van der Waals surface area contributed by atoms with Gasteiger partial charge in [0, 0.05) is 52.7 Å². The largest absolute Gasteiger partial charge is 1.00 e. The fourth-order valence-electron chi connectivity index (χ4n) is 6.93. The first-order chi connectivity index (χ1) is 29.5. The average molecular weight is 938 g/mol. The summed E-state index contributed by atoms with van der Waals surface area (Å²) < 4.78 is 22.5. The number of fused-ring (bicyclic) bond motifs is 1. The lowest BCUT2D eigenvalue weighted by molar-refractivity contribution is -0.134. The minimum atomic E-state index is -1.98. The molecule has 1 heterocycles. The second-order valence-electron chi connectivity index (χ2n) is 14.2. The monoisotopic (exact) mass is 936 g/mol. The Hall–Kier alpha value is -6.13. The molecule has 0 aliphatic carbocycles. The van der Waals surface area contributed by atoms with Gasteiger partial charge in [0.05, 0.1) is 16.4 Å². The Morgan fingerprint density at radius 2 is 1.16 bits per heavy atom. The van der Waals surface area contributed by atoms with E-state index in [1.807, 2.05) is 6.07 Å². The van der Waals surface area contributed by atoms with Crippen LogP contribution < -0.4 is 51.8 Å². The normalized spacial score (nSPS) is 10.8. The van der Waals surface area contributed by atoms with Gasteiger partial charge in [-0.15, -0.1) is 11.3 Å². The maximum Gasteiger partial charge on any atom is 0.415 e. The van der Waals surface area contributed by atoms with E-state index in [0.717, 1.165) is 25.4 Å². The number of likely N-dealkylation sites (N-methyl/N-ethyl adjacent to an activating group) is 1. The molecule has 12 nitrogen and oxygen atoms in total. The number of hydrogen-bond acceptors (Lipinski definition) is 11. The predicted molar refractivity (Wildman–Crippen MR) is 238 cm³/mol. The van der Waals surface area contributed by atoms with Crippen LogP contribution in [0.15, 0.2) is 127 Å². The van der Waals surface area contributed by atoms with Crippen LogP contribution >= 0.6 is 18.6 Å². The van der Waals surface area contributed by atoms with E-state index in [-0.39, 0.29) is 47.3 Å². The molecule has 2 amide bonds. The molecule has 6 aromatic rings. The highest BCUT2D eigenvalue weighted by Gasteiger charge is 2.44. The van der Waals surface area contributed by atoms with Gasteiger partial charge in [0.1, 0.15) is 40.7 Å². The summed E-state index contributed by atoms with van der Waals surface area (Å²) in [6.45, 7) is 3.00. The molecule has 6 rings (SSSR count). The van der Waals surface area contributed by atoms with Crippen molar-refractivity contribution in [2.24, 2.45) is 0 Å². The minimum Gasteiger partial charge on any atom is -1.00 e. The highest BCUT2D eigenvalue weighted by molar-refractivity contribution is 7.95. The zero-order chi connectivity index (χ0) is 43.2. The number of unbranched alkanes of at least 4 members (excludes halogenated alkanes) is 3. The summed E-state index contributed by atoms with van der Waals surface area (Å²) in [5, 5.41) is 13.5. The summed E-state index contributed by atoms with van der Waals surface area (Å²) in [4.78, 5) is 57.6. The van der Waals surface area contributed by atoms with E-state index in [1.165, 1.54) is 69.1 Å². The smallest absolute Gasteiger partial charge is 0.415 e. The van der Waals surface area contributed by atoms with Gasteiger partial charge in [-0.25, -0.2) is 14.6 Å². The summed E-state index contributed by atoms with van der Waals surface area (Å²) in [6, 6.07) is 43.4. The number of esters is 2. The Morgan fingerprint density at radius 3 is 1.74 bits per heavy atom. The van der Waals surface area contributed by atoms with Crippen LogP contribution in [-0.2, 0) is 9.59 Å². The van der Waals surface area contributed by atoms with Gasteiger partial charge in [0.2, 0.25) is 0 Å². The van der Waals surface area contributed by atoms with Crippen LogP contribution in [0, 0.1) is 11.3 Å². The summed E-state index contributed by atoms with van der Waals surface area (Å²) in [6.07, 6.45) is 3.06. The van der Waals surface area contributed by atoms with Crippen LogP contribution in [0.4, 0.5) is 9.59 Å². The molecule has 0 spiro atoms. The first-order valence-corrected chi connectivity index (χ1v) is 22.6. The van der Waals surface area contributed by atoms with Gasteiger partial charge >= 0.3 is 24.1 Å². The van der Waals surface area contributed by atoms with E-state index >= 15 is 0 Å². The Labute approximate surface area is 376 Å². The van der Waals surface area contributed by atoms with E-state index in [4.69, 9.17) is 18.9 Å². The molecule has 0 saturated heterocycles. The molecule has 0 aliphatic heterocycles. The van der Waals surface area contributed by atoms with Crippen molar-refractivity contribution in [3.63, 3.8) is 0 Å². The third-order valence-corrected chi connectivity index (χ3v) is 15.3. The maximum atomic E-state index is 13.8. The van der Waals surface area contributed by atoms with Crippen molar-refractivity contribution in [1.29, 1.82) is 5.26 Å². The number of nitriles is 1. The number of aromatic nitrogens is 1. The van der Waals surface area contributed by atoms with E-state index in [1.54, 1.807) is 25.2 Å². The number of benzene rings is 5. The molecule has 0 fully saturated rings. The fourth-order valence-corrected chi connectivity index (χ4v) is 12.1. The molecule has 0 bridgehead atoms. The minimum absolute atomic E-state index is 0. The van der Waals surface area contributed by atoms with Crippen molar-refractivity contribution >= 4 is 68.9 Å². The van der Waals surface area contributed by atoms with Gasteiger partial charge in [-0.05, 0) is 79.9 Å². The number of ether oxygens (including phenoxy) is 4. The molecule has 0 N–H and O–H groups in total. The van der Waals surface area contributed by atoms with E-state index in [9.17, 15) is 24.4 Å². The quantitative estimate of drug-likeness (QED) is 0.0497. The lowest BCUT2D eigenvalue weighted by atomic mass is 10.2. The van der Waals surface area contributed by atoms with Crippen LogP contribution in [-0.4, -0.2) is 71.8 Å². The van der Waals surface area contributed by atoms with Gasteiger partial charge in [-0.2, -0.15) is 5.26 Å². The second-order valence-corrected chi connectivity index (χ2v) is 18.8. The summed E-state index contributed by atoms with van der Waals surface area (Å²) in [7, 11) is -0.403. The lowest BCUT2D eigenvalue weighted by Gasteiger charge is -2.28. The van der Waals surface area contributed by atoms with Gasteiger partial charge in [0.25, 0.3) is 0 Å². The molecule has 0 saturated carbocycles. The summed E-state index contributed by atoms with van der Waals surface area (Å²) in [5.74, 6) is -0.982. The summed E-state index contributed by atoms with van der Waals surface area (Å²) in [5.41, 5.74) is 0.634. The van der Waals surface area contributed by atoms with Gasteiger partial charge in [-0.3, -0.25) is 9.59 Å². The Balaban J connectivity index is 0.00000726. The SMILES string of the molecule is CC(=O)Oc1ccc(OC(=O)N(CCCCCC[P+](c2ccccc2)(c2ccccc2)c2ccccc2)CCN(C)C(=O)Oc2ccc3nc(C#N)sc3c2)cc1OC(C)=O.[Br-]. The van der Waals surface area contributed by atoms with Gasteiger partial charge < -0.3 is 45.7 Å². The number of halogens is 1. The topological polar surface area (TPSA) is 148 Å². The van der Waals surface area contributed by atoms with E-state index in [0.29, 0.717) is 33.9 Å². The zero-order valence-electron chi connectivity index (χ0n) is 34.6. The standard InChI is InChI=1S/C47H46N4O8PS.BrH/c1-34(52)56-42-26-24-36(31-43(42)57-35(2)53)59-47(55)51(29-28-50(3)46(54)58-37-23-25-41-44(32-37)61-45(33-48)49-41)27-15-4-5-16-30-60(38-17-9-6-10-18-38,39-19-11-7-12-20-39)40-21-13-8-14-22-40;/h6-14,17-26,31-32H,4-5,15-16,27-30H2,1-3H3;1H/q+1;/p-1. The summed E-state index contributed by atoms with van der Waals surface area (Å²) >= 11 is 1.20. The predicted octanol–water partition coefficient (Wildman–Crippen LogP) is 5.51. The molecule has 62 heavy (non-hydrogen) atoms. The molecule has 320 valence electrons. The molecule has 0 aliphatic rings. The van der Waals surface area contributed by atoms with Crippen LogP contribution in [0.1, 0.15) is 44.5 Å². The van der Waals surface area contributed by atoms with Crippen LogP contribution in [0.25, 0.3) is 10.2 Å². The fraction of sp³-hybridized carbons (Fsp3) is 0.234. The van der Waals surface area contributed by atoms with Crippen molar-refractivity contribution in [2.75, 3.05) is 32.8 Å². The maximum absolute atomic E-state index is 13.8. The van der Waals surface area contributed by atoms with Gasteiger partial charge in [0.15, 0.2) is 16.5 Å². The van der Waals surface area contributed by atoms with Crippen molar-refractivity contribution < 1.29 is 55.1 Å². The van der Waals surface area contributed by atoms with Crippen LogP contribution in [0.5, 0.6) is 23.0 Å². The second kappa shape index (κ2) is 22.6. The third-order valence-electron chi connectivity index (χ3n) is 9.83. The molecular formula is C47H46BrN4O8PS. The number of carbonyl (C=O) groups excluding carboxylic acids is 4. The molecule has 5 aromatic carbocycles. The molecule has 0 radical (unpaired) electrons. The number of nitrogens with zero attached hydrogens (tertiary/aromatic N) is 4. The number of carbonyl (C=O) groups is 4. The number of hydrogen-bond donors (Lipinski definition) is 0. The molecular weight excluding hydrogens is 891 g/mol. The van der Waals surface area contributed by atoms with Crippen molar-refractivity contribution in [1.82, 2.24) is 14.8 Å². The average Bonchev–Trinajstić information content (AvgIpc) is 3.68. The first-order valence-electron chi connectivity index (χ1n) is 19.8. The lowest BCUT2D eigenvalue weighted by Crippen LogP contribution is -3.00. The Morgan fingerprint density at radius 1 is 0.629 bits per heavy atom. The van der Waals surface area contributed by atoms with E-state index < -0.39 is 31.4 Å².